The van der Waals surface area contributed by atoms with Gasteiger partial charge in [-0.1, -0.05) is 37.5 Å². The van der Waals surface area contributed by atoms with E-state index in [4.69, 9.17) is 18.0 Å². The summed E-state index contributed by atoms with van der Waals surface area (Å²) in [4.78, 5) is 4.81. The van der Waals surface area contributed by atoms with Gasteiger partial charge in [0.2, 0.25) is 0 Å². The zero-order chi connectivity index (χ0) is 10.7. The summed E-state index contributed by atoms with van der Waals surface area (Å²) in [5.41, 5.74) is 7.05. The molecule has 1 aromatic rings. The fourth-order valence-corrected chi connectivity index (χ4v) is 2.80. The van der Waals surface area contributed by atoms with E-state index in [1.54, 1.807) is 6.20 Å². The standard InChI is InChI=1S/C12H16N2S/c13-11(15)12(6-2-1-3-7-12)10-5-4-8-14-9-10/h4-5,8-9H,1-3,6-7H2,(H2,13,15). The van der Waals surface area contributed by atoms with Crippen molar-refractivity contribution in [2.24, 2.45) is 5.73 Å². The maximum absolute atomic E-state index is 5.94. The van der Waals surface area contributed by atoms with Crippen molar-refractivity contribution in [2.75, 3.05) is 0 Å². The molecule has 0 radical (unpaired) electrons. The average molecular weight is 220 g/mol. The molecule has 0 bridgehead atoms. The van der Waals surface area contributed by atoms with Gasteiger partial charge in [0, 0.05) is 17.8 Å². The third kappa shape index (κ3) is 1.88. The molecule has 0 amide bonds. The highest BCUT2D eigenvalue weighted by atomic mass is 32.1. The van der Waals surface area contributed by atoms with Gasteiger partial charge in [0.25, 0.3) is 0 Å². The fourth-order valence-electron chi connectivity index (χ4n) is 2.48. The van der Waals surface area contributed by atoms with Crippen molar-refractivity contribution in [3.05, 3.63) is 30.1 Å². The van der Waals surface area contributed by atoms with Crippen LogP contribution in [-0.4, -0.2) is 9.97 Å². The molecule has 1 aromatic heterocycles. The van der Waals surface area contributed by atoms with Crippen LogP contribution in [0.1, 0.15) is 37.7 Å². The van der Waals surface area contributed by atoms with Crippen molar-refractivity contribution < 1.29 is 0 Å². The molecule has 0 unspecified atom stereocenters. The van der Waals surface area contributed by atoms with Gasteiger partial charge < -0.3 is 5.73 Å². The number of thiocarbonyl (C=S) groups is 1. The van der Waals surface area contributed by atoms with Crippen LogP contribution in [-0.2, 0) is 5.41 Å². The minimum absolute atomic E-state index is 0.0815. The summed E-state index contributed by atoms with van der Waals surface area (Å²) in [7, 11) is 0. The Morgan fingerprint density at radius 2 is 2.07 bits per heavy atom. The summed E-state index contributed by atoms with van der Waals surface area (Å²) in [5, 5.41) is 0. The molecule has 80 valence electrons. The van der Waals surface area contributed by atoms with Gasteiger partial charge in [0.1, 0.15) is 0 Å². The Bertz CT molecular complexity index is 342. The van der Waals surface area contributed by atoms with Crippen LogP contribution in [0.3, 0.4) is 0 Å². The van der Waals surface area contributed by atoms with Crippen LogP contribution in [0.25, 0.3) is 0 Å². The van der Waals surface area contributed by atoms with E-state index >= 15 is 0 Å². The second kappa shape index (κ2) is 4.27. The number of pyridine rings is 1. The lowest BCUT2D eigenvalue weighted by molar-refractivity contribution is 0.381. The summed E-state index contributed by atoms with van der Waals surface area (Å²) < 4.78 is 0. The largest absolute Gasteiger partial charge is 0.393 e. The Hall–Kier alpha value is -0.960. The number of hydrogen-bond donors (Lipinski definition) is 1. The van der Waals surface area contributed by atoms with Gasteiger partial charge in [-0.2, -0.15) is 0 Å². The predicted octanol–water partition coefficient (Wildman–Crippen LogP) is 2.57. The Balaban J connectivity index is 2.38. The SMILES string of the molecule is NC(=S)C1(c2cccnc2)CCCCC1. The van der Waals surface area contributed by atoms with Crippen LogP contribution in [0.4, 0.5) is 0 Å². The van der Waals surface area contributed by atoms with Gasteiger partial charge in [-0.15, -0.1) is 0 Å². The lowest BCUT2D eigenvalue weighted by Crippen LogP contribution is -2.41. The van der Waals surface area contributed by atoms with Crippen LogP contribution in [0, 0.1) is 0 Å². The number of rotatable bonds is 2. The summed E-state index contributed by atoms with van der Waals surface area (Å²) in [6.45, 7) is 0. The van der Waals surface area contributed by atoms with Crippen LogP contribution < -0.4 is 5.73 Å². The van der Waals surface area contributed by atoms with Crippen LogP contribution in [0.2, 0.25) is 0 Å². The molecule has 0 spiro atoms. The van der Waals surface area contributed by atoms with E-state index in [1.165, 1.54) is 24.8 Å². The first-order valence-electron chi connectivity index (χ1n) is 5.46. The zero-order valence-electron chi connectivity index (χ0n) is 8.78. The molecule has 1 aliphatic carbocycles. The first kappa shape index (κ1) is 10.6. The minimum Gasteiger partial charge on any atom is -0.393 e. The molecule has 1 fully saturated rings. The third-order valence-corrected chi connectivity index (χ3v) is 3.78. The number of nitrogens with two attached hydrogens (primary N) is 1. The van der Waals surface area contributed by atoms with Gasteiger partial charge in [-0.25, -0.2) is 0 Å². The van der Waals surface area contributed by atoms with E-state index in [0.717, 1.165) is 12.8 Å². The molecule has 0 saturated heterocycles. The van der Waals surface area contributed by atoms with E-state index in [-0.39, 0.29) is 5.41 Å². The summed E-state index contributed by atoms with van der Waals surface area (Å²) in [6.07, 6.45) is 9.58. The molecule has 1 heterocycles. The fraction of sp³-hybridized carbons (Fsp3) is 0.500. The second-order valence-corrected chi connectivity index (χ2v) is 4.69. The van der Waals surface area contributed by atoms with E-state index in [9.17, 15) is 0 Å². The minimum atomic E-state index is -0.0815. The molecule has 2 nitrogen and oxygen atoms in total. The maximum Gasteiger partial charge on any atom is 0.0835 e. The van der Waals surface area contributed by atoms with Gasteiger partial charge in [0.05, 0.1) is 4.99 Å². The molecule has 15 heavy (non-hydrogen) atoms. The third-order valence-electron chi connectivity index (χ3n) is 3.39. The first-order chi connectivity index (χ1) is 7.26. The molecular weight excluding hydrogens is 204 g/mol. The summed E-state index contributed by atoms with van der Waals surface area (Å²) in [5.74, 6) is 0. The van der Waals surface area contributed by atoms with Crippen molar-refractivity contribution in [1.82, 2.24) is 4.98 Å². The maximum atomic E-state index is 5.94. The second-order valence-electron chi connectivity index (χ2n) is 4.25. The van der Waals surface area contributed by atoms with Crippen molar-refractivity contribution in [3.63, 3.8) is 0 Å². The average Bonchev–Trinajstić information content (AvgIpc) is 2.31. The van der Waals surface area contributed by atoms with Crippen molar-refractivity contribution in [3.8, 4) is 0 Å². The van der Waals surface area contributed by atoms with E-state index in [0.29, 0.717) is 4.99 Å². The molecule has 1 aliphatic rings. The smallest absolute Gasteiger partial charge is 0.0835 e. The molecule has 1 saturated carbocycles. The molecule has 0 aromatic carbocycles. The predicted molar refractivity (Wildman–Crippen MR) is 65.8 cm³/mol. The van der Waals surface area contributed by atoms with E-state index in [1.807, 2.05) is 12.3 Å². The van der Waals surface area contributed by atoms with Crippen LogP contribution >= 0.6 is 12.2 Å². The Labute approximate surface area is 95.9 Å². The summed E-state index contributed by atoms with van der Waals surface area (Å²) in [6, 6.07) is 4.06. The topological polar surface area (TPSA) is 38.9 Å². The number of hydrogen-bond acceptors (Lipinski definition) is 2. The first-order valence-corrected chi connectivity index (χ1v) is 5.87. The zero-order valence-corrected chi connectivity index (χ0v) is 9.59. The van der Waals surface area contributed by atoms with E-state index in [2.05, 4.69) is 11.1 Å². The molecular formula is C12H16N2S. The Kier molecular flexibility index (Phi) is 3.00. The highest BCUT2D eigenvalue weighted by Crippen LogP contribution is 2.39. The molecule has 2 rings (SSSR count). The monoisotopic (exact) mass is 220 g/mol. The van der Waals surface area contributed by atoms with Gasteiger partial charge >= 0.3 is 0 Å². The van der Waals surface area contributed by atoms with Crippen molar-refractivity contribution in [2.45, 2.75) is 37.5 Å². The highest BCUT2D eigenvalue weighted by Gasteiger charge is 2.36. The van der Waals surface area contributed by atoms with Gasteiger partial charge in [0.15, 0.2) is 0 Å². The normalized spacial score (nSPS) is 19.7. The quantitative estimate of drug-likeness (QED) is 0.779. The Morgan fingerprint density at radius 1 is 1.33 bits per heavy atom. The lowest BCUT2D eigenvalue weighted by Gasteiger charge is -2.36. The molecule has 2 N–H and O–H groups in total. The van der Waals surface area contributed by atoms with Crippen LogP contribution in [0.15, 0.2) is 24.5 Å². The van der Waals surface area contributed by atoms with E-state index < -0.39 is 0 Å². The van der Waals surface area contributed by atoms with Crippen molar-refractivity contribution in [1.29, 1.82) is 0 Å². The number of nitrogens with zero attached hydrogens (tertiary/aromatic N) is 1. The molecule has 0 aliphatic heterocycles. The molecule has 3 heteroatoms. The Morgan fingerprint density at radius 3 is 2.60 bits per heavy atom. The van der Waals surface area contributed by atoms with Gasteiger partial charge in [-0.3, -0.25) is 4.98 Å². The highest BCUT2D eigenvalue weighted by molar-refractivity contribution is 7.80. The number of aromatic nitrogens is 1. The summed E-state index contributed by atoms with van der Waals surface area (Å²) >= 11 is 5.26. The van der Waals surface area contributed by atoms with Crippen molar-refractivity contribution >= 4 is 17.2 Å². The van der Waals surface area contributed by atoms with Gasteiger partial charge in [-0.05, 0) is 24.5 Å². The van der Waals surface area contributed by atoms with Crippen LogP contribution in [0.5, 0.6) is 0 Å². The lowest BCUT2D eigenvalue weighted by atomic mass is 9.70. The molecule has 0 atom stereocenters.